The molecule has 0 aliphatic carbocycles. The van der Waals surface area contributed by atoms with Crippen molar-refractivity contribution in [3.05, 3.63) is 65.7 Å². The summed E-state index contributed by atoms with van der Waals surface area (Å²) < 4.78 is 0. The number of benzene rings is 2. The van der Waals surface area contributed by atoms with Crippen LogP contribution in [0.15, 0.2) is 59.8 Å². The van der Waals surface area contributed by atoms with E-state index in [2.05, 4.69) is 9.99 Å². The second kappa shape index (κ2) is 7.78. The van der Waals surface area contributed by atoms with Gasteiger partial charge in [-0.05, 0) is 17.2 Å². The van der Waals surface area contributed by atoms with E-state index in [9.17, 15) is 4.79 Å². The molecule has 0 heterocycles. The maximum absolute atomic E-state index is 12.0. The van der Waals surface area contributed by atoms with Crippen LogP contribution < -0.4 is 4.90 Å². The molecule has 0 saturated carbocycles. The lowest BCUT2D eigenvalue weighted by Crippen LogP contribution is -2.27. The number of carbonyl (C=O) groups is 1. The van der Waals surface area contributed by atoms with E-state index >= 15 is 0 Å². The summed E-state index contributed by atoms with van der Waals surface area (Å²) in [6.07, 6.45) is 5.15. The van der Waals surface area contributed by atoms with E-state index in [1.54, 1.807) is 7.05 Å². The number of rotatable bonds is 5. The fourth-order valence-corrected chi connectivity index (χ4v) is 1.99. The van der Waals surface area contributed by atoms with Gasteiger partial charge in [0.1, 0.15) is 13.3 Å². The van der Waals surface area contributed by atoms with E-state index in [1.807, 2.05) is 66.7 Å². The van der Waals surface area contributed by atoms with Gasteiger partial charge in [-0.3, -0.25) is 4.79 Å². The first-order chi connectivity index (χ1) is 10.7. The monoisotopic (exact) mass is 294 g/mol. The molecule has 112 valence electrons. The van der Waals surface area contributed by atoms with Gasteiger partial charge in [-0.2, -0.15) is 0 Å². The highest BCUT2D eigenvalue weighted by Gasteiger charge is 2.11. The molecule has 0 bridgehead atoms. The van der Waals surface area contributed by atoms with Gasteiger partial charge in [-0.25, -0.2) is 0 Å². The molecule has 0 saturated heterocycles. The molecule has 2 rings (SSSR count). The number of para-hydroxylation sites is 1. The number of nitrogens with zero attached hydrogens (tertiary/aromatic N) is 2. The Morgan fingerprint density at radius 1 is 1.05 bits per heavy atom. The fraction of sp³-hybridized carbons (Fsp3) is 0.111. The van der Waals surface area contributed by atoms with Crippen LogP contribution >= 0.6 is 0 Å². The molecule has 4 heteroatoms. The van der Waals surface area contributed by atoms with Crippen molar-refractivity contribution in [1.29, 1.82) is 0 Å². The van der Waals surface area contributed by atoms with E-state index in [-0.39, 0.29) is 5.91 Å². The molecule has 0 spiro atoms. The Hall–Kier alpha value is -2.88. The van der Waals surface area contributed by atoms with Gasteiger partial charge in [0.25, 0.3) is 5.91 Å². The number of hydrogen-bond donors (Lipinski definition) is 0. The molecule has 1 amide bonds. The zero-order chi connectivity index (χ0) is 15.8. The van der Waals surface area contributed by atoms with Crippen molar-refractivity contribution in [1.82, 2.24) is 0 Å². The van der Waals surface area contributed by atoms with Crippen LogP contribution in [0.5, 0.6) is 0 Å². The number of hydrogen-bond acceptors (Lipinski definition) is 3. The Bertz CT molecular complexity index is 678. The number of amides is 1. The van der Waals surface area contributed by atoms with Gasteiger partial charge in [0, 0.05) is 7.05 Å². The van der Waals surface area contributed by atoms with Crippen LogP contribution in [0, 0.1) is 0 Å². The number of carbonyl (C=O) groups excluding carboxylic acids is 1. The summed E-state index contributed by atoms with van der Waals surface area (Å²) in [4.78, 5) is 18.1. The van der Waals surface area contributed by atoms with Crippen molar-refractivity contribution in [2.24, 2.45) is 5.16 Å². The molecule has 4 nitrogen and oxygen atoms in total. The molecular weight excluding hydrogens is 276 g/mol. The third-order valence-electron chi connectivity index (χ3n) is 3.15. The van der Waals surface area contributed by atoms with Crippen LogP contribution in [0.25, 0.3) is 12.2 Å². The summed E-state index contributed by atoms with van der Waals surface area (Å²) in [5.41, 5.74) is 2.86. The second-order valence-electron chi connectivity index (χ2n) is 4.62. The quantitative estimate of drug-likeness (QED) is 0.481. The normalized spacial score (nSPS) is 11.0. The first kappa shape index (κ1) is 15.5. The lowest BCUT2D eigenvalue weighted by molar-refractivity contribution is -0.112. The Balaban J connectivity index is 2.25. The molecule has 2 aromatic carbocycles. The van der Waals surface area contributed by atoms with Crippen LogP contribution in [-0.4, -0.2) is 26.3 Å². The zero-order valence-electron chi connectivity index (χ0n) is 12.6. The molecular formula is C18H18N2O2. The molecule has 0 unspecified atom stereocenters. The summed E-state index contributed by atoms with van der Waals surface area (Å²) in [6.45, 7) is 0. The van der Waals surface area contributed by atoms with Gasteiger partial charge in [0.2, 0.25) is 0 Å². The van der Waals surface area contributed by atoms with Gasteiger partial charge in [-0.1, -0.05) is 65.8 Å². The van der Waals surface area contributed by atoms with Crippen molar-refractivity contribution in [2.45, 2.75) is 0 Å². The summed E-state index contributed by atoms with van der Waals surface area (Å²) in [5.74, 6) is -0.248. The van der Waals surface area contributed by atoms with Crippen LogP contribution in [0.4, 0.5) is 5.69 Å². The van der Waals surface area contributed by atoms with Crippen molar-refractivity contribution >= 4 is 30.0 Å². The minimum atomic E-state index is -0.248. The van der Waals surface area contributed by atoms with Crippen molar-refractivity contribution in [3.8, 4) is 0 Å². The highest BCUT2D eigenvalue weighted by molar-refractivity contribution is 6.32. The molecule has 0 atom stereocenters. The third-order valence-corrected chi connectivity index (χ3v) is 3.15. The van der Waals surface area contributed by atoms with Gasteiger partial charge in [-0.15, -0.1) is 0 Å². The minimum Gasteiger partial charge on any atom is -0.399 e. The molecule has 0 fully saturated rings. The number of oxime groups is 1. The van der Waals surface area contributed by atoms with Crippen LogP contribution in [-0.2, 0) is 9.63 Å². The standard InChI is InChI=1S/C18H18N2O2/c1-20(18(21)14-19-22-2)17-11-7-6-10-16(17)13-12-15-8-4-3-5-9-15/h3-14H,1-2H3/b13-12?,19-14+. The SMILES string of the molecule is CO/N=C/C(=O)N(C)c1ccccc1C=Cc1ccccc1. The van der Waals surface area contributed by atoms with Crippen molar-refractivity contribution in [2.75, 3.05) is 19.1 Å². The van der Waals surface area contributed by atoms with Crippen molar-refractivity contribution < 1.29 is 9.63 Å². The maximum atomic E-state index is 12.0. The topological polar surface area (TPSA) is 41.9 Å². The summed E-state index contributed by atoms with van der Waals surface area (Å²) in [6, 6.07) is 17.7. The van der Waals surface area contributed by atoms with Crippen LogP contribution in [0.1, 0.15) is 11.1 Å². The van der Waals surface area contributed by atoms with Gasteiger partial charge in [0.15, 0.2) is 0 Å². The third kappa shape index (κ3) is 4.06. The van der Waals surface area contributed by atoms with E-state index in [4.69, 9.17) is 0 Å². The molecule has 0 aliphatic heterocycles. The van der Waals surface area contributed by atoms with Gasteiger partial charge < -0.3 is 9.74 Å². The van der Waals surface area contributed by atoms with E-state index in [0.717, 1.165) is 23.0 Å². The lowest BCUT2D eigenvalue weighted by Gasteiger charge is -2.17. The highest BCUT2D eigenvalue weighted by atomic mass is 16.6. The maximum Gasteiger partial charge on any atom is 0.272 e. The zero-order valence-corrected chi connectivity index (χ0v) is 12.6. The predicted molar refractivity (Wildman–Crippen MR) is 90.7 cm³/mol. The molecule has 0 radical (unpaired) electrons. The first-order valence-electron chi connectivity index (χ1n) is 6.88. The van der Waals surface area contributed by atoms with Crippen molar-refractivity contribution in [3.63, 3.8) is 0 Å². The largest absolute Gasteiger partial charge is 0.399 e. The highest BCUT2D eigenvalue weighted by Crippen LogP contribution is 2.21. The van der Waals surface area contributed by atoms with Crippen LogP contribution in [0.2, 0.25) is 0 Å². The Kier molecular flexibility index (Phi) is 5.49. The molecule has 0 N–H and O–H groups in total. The summed E-state index contributed by atoms with van der Waals surface area (Å²) in [7, 11) is 3.11. The van der Waals surface area contributed by atoms with Crippen LogP contribution in [0.3, 0.4) is 0 Å². The van der Waals surface area contributed by atoms with E-state index in [0.29, 0.717) is 0 Å². The number of anilines is 1. The lowest BCUT2D eigenvalue weighted by atomic mass is 10.1. The predicted octanol–water partition coefficient (Wildman–Crippen LogP) is 3.45. The first-order valence-corrected chi connectivity index (χ1v) is 6.88. The summed E-state index contributed by atoms with van der Waals surface area (Å²) in [5, 5.41) is 3.51. The Morgan fingerprint density at radius 3 is 2.45 bits per heavy atom. The molecule has 0 aromatic heterocycles. The smallest absolute Gasteiger partial charge is 0.272 e. The van der Waals surface area contributed by atoms with Gasteiger partial charge in [0.05, 0.1) is 5.69 Å². The van der Waals surface area contributed by atoms with Gasteiger partial charge >= 0.3 is 0 Å². The second-order valence-corrected chi connectivity index (χ2v) is 4.62. The molecule has 0 aliphatic rings. The minimum absolute atomic E-state index is 0.248. The average Bonchev–Trinajstić information content (AvgIpc) is 2.58. The molecule has 22 heavy (non-hydrogen) atoms. The van der Waals surface area contributed by atoms with E-state index in [1.165, 1.54) is 12.0 Å². The average molecular weight is 294 g/mol. The Labute approximate surface area is 130 Å². The fourth-order valence-electron chi connectivity index (χ4n) is 1.99. The Morgan fingerprint density at radius 2 is 1.73 bits per heavy atom. The summed E-state index contributed by atoms with van der Waals surface area (Å²) >= 11 is 0. The van der Waals surface area contributed by atoms with E-state index < -0.39 is 0 Å². The molecule has 2 aromatic rings.